The molecule has 2 amide bonds. The molecular weight excluding hydrogens is 343 g/mol. The van der Waals surface area contributed by atoms with Crippen LogP contribution in [0.5, 0.6) is 0 Å². The second kappa shape index (κ2) is 8.27. The summed E-state index contributed by atoms with van der Waals surface area (Å²) in [5.74, 6) is -1.53. The van der Waals surface area contributed by atoms with E-state index in [4.69, 9.17) is 5.73 Å². The molecule has 3 rings (SSSR count). The quantitative estimate of drug-likeness (QED) is 0.706. The molecule has 3 aromatic rings. The third-order valence-electron chi connectivity index (χ3n) is 4.26. The lowest BCUT2D eigenvalue weighted by atomic mass is 10.00. The molecule has 0 unspecified atom stereocenters. The third kappa shape index (κ3) is 4.79. The van der Waals surface area contributed by atoms with Gasteiger partial charge in [0.15, 0.2) is 0 Å². The van der Waals surface area contributed by atoms with Gasteiger partial charge in [0.05, 0.1) is 0 Å². The molecule has 1 atom stereocenters. The van der Waals surface area contributed by atoms with Gasteiger partial charge in [-0.2, -0.15) is 0 Å². The molecule has 0 aromatic heterocycles. The van der Waals surface area contributed by atoms with E-state index in [0.29, 0.717) is 0 Å². The van der Waals surface area contributed by atoms with Gasteiger partial charge >= 0.3 is 0 Å². The highest BCUT2D eigenvalue weighted by atomic mass is 19.1. The Morgan fingerprint density at radius 2 is 1.44 bits per heavy atom. The van der Waals surface area contributed by atoms with Crippen molar-refractivity contribution in [2.45, 2.75) is 12.5 Å². The van der Waals surface area contributed by atoms with Crippen LogP contribution in [0.3, 0.4) is 0 Å². The number of halogens is 1. The predicted molar refractivity (Wildman–Crippen MR) is 102 cm³/mol. The maximum atomic E-state index is 13.0. The van der Waals surface area contributed by atoms with Crippen molar-refractivity contribution in [3.63, 3.8) is 0 Å². The van der Waals surface area contributed by atoms with Gasteiger partial charge in [-0.3, -0.25) is 9.59 Å². The van der Waals surface area contributed by atoms with Gasteiger partial charge in [0.1, 0.15) is 11.9 Å². The molecule has 0 radical (unpaired) electrons. The lowest BCUT2D eigenvalue weighted by Gasteiger charge is -2.16. The first-order valence-electron chi connectivity index (χ1n) is 8.53. The van der Waals surface area contributed by atoms with Gasteiger partial charge in [-0.15, -0.1) is 0 Å². The average Bonchev–Trinajstić information content (AvgIpc) is 2.69. The van der Waals surface area contributed by atoms with E-state index < -0.39 is 23.7 Å². The zero-order chi connectivity index (χ0) is 19.2. The Morgan fingerprint density at radius 1 is 0.852 bits per heavy atom. The van der Waals surface area contributed by atoms with Crippen LogP contribution < -0.4 is 11.1 Å². The molecule has 27 heavy (non-hydrogen) atoms. The smallest absolute Gasteiger partial charge is 0.251 e. The summed E-state index contributed by atoms with van der Waals surface area (Å²) in [4.78, 5) is 24.0. The standard InChI is InChI=1S/C22H19FN2O2/c23-19-12-10-18(11-13-19)22(27)25-20(21(24)26)14-15-6-8-17(9-7-15)16-4-2-1-3-5-16/h1-13,20H,14H2,(H2,24,26)(H,25,27)/t20-/m0/s1. The zero-order valence-corrected chi connectivity index (χ0v) is 14.6. The number of carbonyl (C=O) groups is 2. The Labute approximate surface area is 156 Å². The second-order valence-corrected chi connectivity index (χ2v) is 6.20. The lowest BCUT2D eigenvalue weighted by molar-refractivity contribution is -0.119. The molecule has 0 aliphatic heterocycles. The molecule has 0 aliphatic rings. The van der Waals surface area contributed by atoms with Crippen LogP contribution in [-0.2, 0) is 11.2 Å². The van der Waals surface area contributed by atoms with Crippen molar-refractivity contribution in [2.75, 3.05) is 0 Å². The van der Waals surface area contributed by atoms with E-state index in [0.717, 1.165) is 16.7 Å². The molecule has 4 nitrogen and oxygen atoms in total. The molecule has 5 heteroatoms. The number of benzene rings is 3. The number of rotatable bonds is 6. The van der Waals surface area contributed by atoms with Crippen LogP contribution in [0.1, 0.15) is 15.9 Å². The number of nitrogens with two attached hydrogens (primary N) is 1. The highest BCUT2D eigenvalue weighted by molar-refractivity contribution is 5.97. The summed E-state index contributed by atoms with van der Waals surface area (Å²) in [5.41, 5.74) is 8.74. The van der Waals surface area contributed by atoms with Gasteiger partial charge < -0.3 is 11.1 Å². The molecule has 0 fully saturated rings. The van der Waals surface area contributed by atoms with Crippen molar-refractivity contribution < 1.29 is 14.0 Å². The fourth-order valence-corrected chi connectivity index (χ4v) is 2.77. The minimum absolute atomic E-state index is 0.266. The SMILES string of the molecule is NC(=O)[C@H](Cc1ccc(-c2ccccc2)cc1)NC(=O)c1ccc(F)cc1. The van der Waals surface area contributed by atoms with Gasteiger partial charge in [0.25, 0.3) is 5.91 Å². The molecule has 136 valence electrons. The molecule has 3 N–H and O–H groups in total. The van der Waals surface area contributed by atoms with E-state index in [-0.39, 0.29) is 12.0 Å². The number of hydrogen-bond acceptors (Lipinski definition) is 2. The summed E-state index contributed by atoms with van der Waals surface area (Å²) < 4.78 is 13.0. The number of hydrogen-bond donors (Lipinski definition) is 2. The molecule has 0 aliphatic carbocycles. The van der Waals surface area contributed by atoms with Gasteiger partial charge in [0, 0.05) is 12.0 Å². The first kappa shape index (κ1) is 18.3. The van der Waals surface area contributed by atoms with Crippen molar-refractivity contribution >= 4 is 11.8 Å². The molecule has 3 aromatic carbocycles. The minimum atomic E-state index is -0.856. The lowest BCUT2D eigenvalue weighted by Crippen LogP contribution is -2.45. The van der Waals surface area contributed by atoms with Gasteiger partial charge in [-0.05, 0) is 41.0 Å². The molecule has 0 saturated heterocycles. The van der Waals surface area contributed by atoms with E-state index in [1.165, 1.54) is 24.3 Å². The van der Waals surface area contributed by atoms with Crippen molar-refractivity contribution in [3.8, 4) is 11.1 Å². The summed E-state index contributed by atoms with van der Waals surface area (Å²) in [6.07, 6.45) is 0.275. The van der Waals surface area contributed by atoms with E-state index in [9.17, 15) is 14.0 Å². The van der Waals surface area contributed by atoms with Crippen molar-refractivity contribution in [2.24, 2.45) is 5.73 Å². The molecule has 0 spiro atoms. The maximum Gasteiger partial charge on any atom is 0.251 e. The first-order valence-corrected chi connectivity index (χ1v) is 8.53. The summed E-state index contributed by atoms with van der Waals surface area (Å²) >= 11 is 0. The van der Waals surface area contributed by atoms with Crippen LogP contribution in [-0.4, -0.2) is 17.9 Å². The molecule has 0 bridgehead atoms. The Bertz CT molecular complexity index is 923. The summed E-state index contributed by atoms with van der Waals surface area (Å²) in [6, 6.07) is 21.9. The van der Waals surface area contributed by atoms with E-state index >= 15 is 0 Å². The fraction of sp³-hybridized carbons (Fsp3) is 0.0909. The second-order valence-electron chi connectivity index (χ2n) is 6.20. The Kier molecular flexibility index (Phi) is 5.61. The highest BCUT2D eigenvalue weighted by Gasteiger charge is 2.19. The monoisotopic (exact) mass is 362 g/mol. The van der Waals surface area contributed by atoms with Crippen LogP contribution in [0.15, 0.2) is 78.9 Å². The number of amides is 2. The third-order valence-corrected chi connectivity index (χ3v) is 4.26. The molecule has 0 heterocycles. The number of carbonyl (C=O) groups excluding carboxylic acids is 2. The maximum absolute atomic E-state index is 13.0. The van der Waals surface area contributed by atoms with Crippen LogP contribution >= 0.6 is 0 Å². The Hall–Kier alpha value is -3.47. The van der Waals surface area contributed by atoms with Crippen molar-refractivity contribution in [1.29, 1.82) is 0 Å². The van der Waals surface area contributed by atoms with Crippen molar-refractivity contribution in [1.82, 2.24) is 5.32 Å². The van der Waals surface area contributed by atoms with Gasteiger partial charge in [-0.25, -0.2) is 4.39 Å². The molecule has 0 saturated carbocycles. The summed E-state index contributed by atoms with van der Waals surface area (Å²) in [5, 5.41) is 2.61. The summed E-state index contributed by atoms with van der Waals surface area (Å²) in [7, 11) is 0. The fourth-order valence-electron chi connectivity index (χ4n) is 2.77. The van der Waals surface area contributed by atoms with Crippen LogP contribution in [0.4, 0.5) is 4.39 Å². The zero-order valence-electron chi connectivity index (χ0n) is 14.6. The predicted octanol–water partition coefficient (Wildman–Crippen LogP) is 3.32. The minimum Gasteiger partial charge on any atom is -0.368 e. The van der Waals surface area contributed by atoms with Crippen LogP contribution in [0, 0.1) is 5.82 Å². The number of nitrogens with one attached hydrogen (secondary N) is 1. The van der Waals surface area contributed by atoms with Gasteiger partial charge in [0.2, 0.25) is 5.91 Å². The number of primary amides is 1. The molecular formula is C22H19FN2O2. The topological polar surface area (TPSA) is 72.2 Å². The van der Waals surface area contributed by atoms with Crippen LogP contribution in [0.2, 0.25) is 0 Å². The largest absolute Gasteiger partial charge is 0.368 e. The first-order chi connectivity index (χ1) is 13.0. The van der Waals surface area contributed by atoms with E-state index in [1.54, 1.807) is 0 Å². The van der Waals surface area contributed by atoms with Crippen LogP contribution in [0.25, 0.3) is 11.1 Å². The van der Waals surface area contributed by atoms with Gasteiger partial charge in [-0.1, -0.05) is 54.6 Å². The van der Waals surface area contributed by atoms with E-state index in [2.05, 4.69) is 5.32 Å². The highest BCUT2D eigenvalue weighted by Crippen LogP contribution is 2.19. The Morgan fingerprint density at radius 3 is 2.04 bits per heavy atom. The normalized spacial score (nSPS) is 11.6. The average molecular weight is 362 g/mol. The van der Waals surface area contributed by atoms with Crippen molar-refractivity contribution in [3.05, 3.63) is 95.8 Å². The van der Waals surface area contributed by atoms with E-state index in [1.807, 2.05) is 54.6 Å². The Balaban J connectivity index is 1.70. The summed E-state index contributed by atoms with van der Waals surface area (Å²) in [6.45, 7) is 0.